The van der Waals surface area contributed by atoms with Crippen LogP contribution in [0.1, 0.15) is 74.4 Å². The Hall–Kier alpha value is -4.65. The second kappa shape index (κ2) is 14.0. The van der Waals surface area contributed by atoms with Crippen LogP contribution in [-0.4, -0.2) is 117 Å². The number of carbonyl (C=O) groups is 3. The van der Waals surface area contributed by atoms with E-state index in [4.69, 9.17) is 18.9 Å². The van der Waals surface area contributed by atoms with Crippen LogP contribution in [0.5, 0.6) is 5.75 Å². The number of aryl methyl sites for hydroxylation is 1. The molecule has 0 radical (unpaired) electrons. The molecule has 1 unspecified atom stereocenters. The molecule has 6 heterocycles. The Morgan fingerprint density at radius 1 is 1.00 bits per heavy atom. The molecule has 1 saturated heterocycles. The van der Waals surface area contributed by atoms with Crippen LogP contribution in [-0.2, 0) is 46.0 Å². The predicted molar refractivity (Wildman–Crippen MR) is 223 cm³/mol. The zero-order chi connectivity index (χ0) is 41.8. The Kier molecular flexibility index (Phi) is 9.41. The van der Waals surface area contributed by atoms with E-state index in [1.807, 2.05) is 13.1 Å². The Balaban J connectivity index is 1.38. The normalized spacial score (nSPS) is 34.2. The van der Waals surface area contributed by atoms with Crippen molar-refractivity contribution < 1.29 is 38.4 Å². The molecule has 314 valence electrons. The lowest BCUT2D eigenvalue weighted by Gasteiger charge is -2.64. The monoisotopic (exact) mass is 806 g/mol. The number of anilines is 1. The number of aromatic amines is 1. The van der Waals surface area contributed by atoms with Crippen LogP contribution in [0.15, 0.2) is 54.1 Å². The fraction of sp³-hybridized carbons (Fsp3) is 0.553. The van der Waals surface area contributed by atoms with Crippen LogP contribution >= 0.6 is 0 Å². The van der Waals surface area contributed by atoms with E-state index in [0.29, 0.717) is 50.2 Å². The topological polar surface area (TPSA) is 134 Å². The summed E-state index contributed by atoms with van der Waals surface area (Å²) >= 11 is 0. The molecule has 3 aromatic rings. The van der Waals surface area contributed by atoms with Crippen LogP contribution in [0.3, 0.4) is 0 Å². The van der Waals surface area contributed by atoms with E-state index >= 15 is 4.79 Å². The van der Waals surface area contributed by atoms with Gasteiger partial charge in [0.15, 0.2) is 0 Å². The lowest BCUT2D eigenvalue weighted by atomic mass is 9.44. The van der Waals surface area contributed by atoms with Crippen molar-refractivity contribution in [2.24, 2.45) is 16.7 Å². The molecule has 1 aliphatic carbocycles. The molecule has 2 N–H and O–H groups in total. The SMILES string of the molecule is CCC1=C[C@H]2CN(C1)Cc1c([nH]c3ccc(C)cc13)[C@@](C(=O)OC)(c1cc3c(cc1OC)N(C)[C@H]1[C@@](CO)(C(=O)OC)[C@H](OC(C)=O)[C@]4(CC)C=CCN5CC[C@]31[C@@H]54)C2. The number of methoxy groups -OCH3 is 3. The number of nitrogens with one attached hydrogen (secondary N) is 1. The lowest BCUT2D eigenvalue weighted by Crippen LogP contribution is -2.79. The molecule has 1 aromatic heterocycles. The van der Waals surface area contributed by atoms with Crippen molar-refractivity contribution in [3.8, 4) is 5.75 Å². The van der Waals surface area contributed by atoms with Gasteiger partial charge in [-0.15, -0.1) is 0 Å². The highest BCUT2D eigenvalue weighted by atomic mass is 16.6. The van der Waals surface area contributed by atoms with E-state index in [0.717, 1.165) is 58.5 Å². The molecular formula is C47H58N4O8. The molecule has 2 aromatic carbocycles. The van der Waals surface area contributed by atoms with Gasteiger partial charge in [0.2, 0.25) is 0 Å². The summed E-state index contributed by atoms with van der Waals surface area (Å²) in [6, 6.07) is 9.69. The summed E-state index contributed by atoms with van der Waals surface area (Å²) in [5.41, 5.74) is 3.16. The van der Waals surface area contributed by atoms with Gasteiger partial charge in [-0.2, -0.15) is 0 Å². The number of likely N-dealkylation sites (N-methyl/N-ethyl adjacent to an activating group) is 1. The van der Waals surface area contributed by atoms with E-state index in [9.17, 15) is 14.7 Å². The molecule has 1 spiro atoms. The van der Waals surface area contributed by atoms with Crippen molar-refractivity contribution in [1.82, 2.24) is 14.8 Å². The summed E-state index contributed by atoms with van der Waals surface area (Å²) in [5, 5.41) is 12.9. The zero-order valence-corrected chi connectivity index (χ0v) is 35.6. The molecule has 5 aliphatic heterocycles. The first kappa shape index (κ1) is 39.8. The van der Waals surface area contributed by atoms with Crippen LogP contribution in [0, 0.1) is 23.7 Å². The highest BCUT2D eigenvalue weighted by molar-refractivity contribution is 5.95. The lowest BCUT2D eigenvalue weighted by molar-refractivity contribution is -0.213. The molecule has 2 fully saturated rings. The molecule has 9 atom stereocenters. The maximum Gasteiger partial charge on any atom is 0.322 e. The number of fused-ring (bicyclic) bond motifs is 6. The minimum Gasteiger partial charge on any atom is -0.496 e. The highest BCUT2D eigenvalue weighted by Crippen LogP contribution is 2.70. The van der Waals surface area contributed by atoms with Gasteiger partial charge in [0.25, 0.3) is 0 Å². The Morgan fingerprint density at radius 3 is 2.46 bits per heavy atom. The van der Waals surface area contributed by atoms with Crippen molar-refractivity contribution >= 4 is 34.5 Å². The third-order valence-electron chi connectivity index (χ3n) is 15.5. The van der Waals surface area contributed by atoms with Crippen LogP contribution in [0.2, 0.25) is 0 Å². The number of esters is 3. The van der Waals surface area contributed by atoms with Gasteiger partial charge in [0, 0.05) is 90.9 Å². The second-order valence-electron chi connectivity index (χ2n) is 18.1. The van der Waals surface area contributed by atoms with Crippen molar-refractivity contribution in [1.29, 1.82) is 0 Å². The number of aliphatic hydroxyl groups is 1. The average Bonchev–Trinajstić information content (AvgIpc) is 3.88. The standard InChI is InChI=1S/C47H58N4O8/c1-9-29-19-30-22-46(42(54)57-7,38-32(25-50(23-29)24-30)31-18-27(3)12-13-35(31)48-38)34-20-33-36(21-37(34)56-6)49(5)40-45(33)15-17-51-16-11-14-44(10-2,39(45)51)41(59-28(4)53)47(40,26-52)43(55)58-8/h11-14,18-21,30,39-41,48,52H,9-10,15-17,22-26H2,1-8H3/t30-,39+,40-,41-,44-,45-,46+,47-/m1/s1. The number of nitrogens with zero attached hydrogens (tertiary/aromatic N) is 3. The van der Waals surface area contributed by atoms with Gasteiger partial charge in [-0.3, -0.25) is 24.2 Å². The first-order chi connectivity index (χ1) is 28.3. The van der Waals surface area contributed by atoms with Crippen LogP contribution in [0.25, 0.3) is 10.9 Å². The number of rotatable bonds is 8. The predicted octanol–water partition coefficient (Wildman–Crippen LogP) is 5.31. The van der Waals surface area contributed by atoms with Crippen molar-refractivity contribution in [3.63, 3.8) is 0 Å². The van der Waals surface area contributed by atoms with E-state index in [2.05, 4.69) is 82.9 Å². The average molecular weight is 807 g/mol. The summed E-state index contributed by atoms with van der Waals surface area (Å²) in [7, 11) is 6.40. The summed E-state index contributed by atoms with van der Waals surface area (Å²) in [6.45, 7) is 10.8. The summed E-state index contributed by atoms with van der Waals surface area (Å²) in [5.74, 6) is -0.979. The molecule has 12 nitrogen and oxygen atoms in total. The maximum atomic E-state index is 15.3. The van der Waals surface area contributed by atoms with Crippen LogP contribution < -0.4 is 9.64 Å². The molecule has 1 saturated carbocycles. The van der Waals surface area contributed by atoms with Crippen molar-refractivity contribution in [2.45, 2.75) is 88.9 Å². The van der Waals surface area contributed by atoms with Gasteiger partial charge in [0.1, 0.15) is 22.7 Å². The van der Waals surface area contributed by atoms with Crippen molar-refractivity contribution in [3.05, 3.63) is 82.1 Å². The molecule has 59 heavy (non-hydrogen) atoms. The van der Waals surface area contributed by atoms with Gasteiger partial charge in [-0.1, -0.05) is 49.3 Å². The number of H-pyrrole nitrogens is 1. The van der Waals surface area contributed by atoms with E-state index in [1.54, 1.807) is 7.11 Å². The Bertz CT molecular complexity index is 2320. The van der Waals surface area contributed by atoms with Gasteiger partial charge in [-0.25, -0.2) is 0 Å². The summed E-state index contributed by atoms with van der Waals surface area (Å²) < 4.78 is 24.4. The van der Waals surface area contributed by atoms with E-state index < -0.39 is 52.4 Å². The molecule has 2 bridgehead atoms. The number of hydrogen-bond donors (Lipinski definition) is 2. The summed E-state index contributed by atoms with van der Waals surface area (Å²) in [6.07, 6.45) is 8.13. The minimum atomic E-state index is -1.68. The Morgan fingerprint density at radius 2 is 1.78 bits per heavy atom. The third kappa shape index (κ3) is 5.08. The van der Waals surface area contributed by atoms with Gasteiger partial charge in [-0.05, 0) is 74.4 Å². The van der Waals surface area contributed by atoms with E-state index in [1.165, 1.54) is 26.7 Å². The fourth-order valence-corrected chi connectivity index (χ4v) is 13.5. The molecule has 6 aliphatic rings. The second-order valence-corrected chi connectivity index (χ2v) is 18.1. The van der Waals surface area contributed by atoms with Gasteiger partial charge < -0.3 is 33.9 Å². The zero-order valence-electron chi connectivity index (χ0n) is 35.6. The maximum absolute atomic E-state index is 15.3. The first-order valence-electron chi connectivity index (χ1n) is 21.2. The smallest absolute Gasteiger partial charge is 0.322 e. The largest absolute Gasteiger partial charge is 0.496 e. The van der Waals surface area contributed by atoms with Crippen molar-refractivity contribution in [2.75, 3.05) is 66.1 Å². The first-order valence-corrected chi connectivity index (χ1v) is 21.2. The van der Waals surface area contributed by atoms with Gasteiger partial charge in [0.05, 0.1) is 34.0 Å². The van der Waals surface area contributed by atoms with E-state index in [-0.39, 0.29) is 17.9 Å². The number of hydrogen-bond acceptors (Lipinski definition) is 11. The number of carbonyl (C=O) groups excluding carboxylic acids is 3. The van der Waals surface area contributed by atoms with Gasteiger partial charge >= 0.3 is 17.9 Å². The third-order valence-corrected chi connectivity index (χ3v) is 15.5. The summed E-state index contributed by atoms with van der Waals surface area (Å²) in [4.78, 5) is 54.0. The number of aromatic nitrogens is 1. The highest BCUT2D eigenvalue weighted by Gasteiger charge is 2.80. The molecule has 0 amide bonds. The Labute approximate surface area is 346 Å². The minimum absolute atomic E-state index is 0.0318. The molecule has 9 rings (SSSR count). The molecular weight excluding hydrogens is 749 g/mol. The number of aliphatic hydroxyl groups excluding tert-OH is 1. The van der Waals surface area contributed by atoms with Crippen LogP contribution in [0.4, 0.5) is 5.69 Å². The molecule has 12 heteroatoms. The number of benzene rings is 2. The quantitative estimate of drug-likeness (QED) is 0.174. The fourth-order valence-electron chi connectivity index (χ4n) is 13.5. The number of ether oxygens (including phenoxy) is 4.